The number of rotatable bonds is 30. The Bertz CT molecular complexity index is 3190. The van der Waals surface area contributed by atoms with Crippen LogP contribution < -0.4 is 21.3 Å². The number of amides is 4. The highest BCUT2D eigenvalue weighted by molar-refractivity contribution is 7.99. The number of hydrogen-bond donors (Lipinski definition) is 7. The summed E-state index contributed by atoms with van der Waals surface area (Å²) in [5.41, 5.74) is 4.74. The van der Waals surface area contributed by atoms with Crippen molar-refractivity contribution in [2.24, 2.45) is 0 Å². The van der Waals surface area contributed by atoms with Crippen LogP contribution in [0.4, 0.5) is 4.79 Å². The van der Waals surface area contributed by atoms with E-state index in [1.807, 2.05) is 146 Å². The highest BCUT2D eigenvalue weighted by Gasteiger charge is 2.49. The van der Waals surface area contributed by atoms with Gasteiger partial charge in [0.25, 0.3) is 0 Å². The van der Waals surface area contributed by atoms with Crippen molar-refractivity contribution in [2.75, 3.05) is 45.8 Å². The van der Waals surface area contributed by atoms with Crippen molar-refractivity contribution < 1.29 is 96.2 Å². The van der Waals surface area contributed by atoms with Crippen molar-refractivity contribution in [2.45, 2.75) is 145 Å². The number of thioether (sulfide) groups is 1. The quantitative estimate of drug-likeness (QED) is 0.0246. The van der Waals surface area contributed by atoms with E-state index in [1.54, 1.807) is 20.8 Å². The van der Waals surface area contributed by atoms with E-state index in [4.69, 9.17) is 47.4 Å². The number of alkyl carbamates (subject to hydrolysis) is 1. The Morgan fingerprint density at radius 2 is 1.04 bits per heavy atom. The van der Waals surface area contributed by atoms with Crippen LogP contribution in [0.15, 0.2) is 140 Å². The first-order chi connectivity index (χ1) is 44.3. The third-order valence-corrected chi connectivity index (χ3v) is 16.1. The van der Waals surface area contributed by atoms with Gasteiger partial charge in [0.15, 0.2) is 6.29 Å². The second-order valence-corrected chi connectivity index (χ2v) is 24.4. The molecule has 24 nitrogen and oxygen atoms in total. The van der Waals surface area contributed by atoms with Gasteiger partial charge in [-0.2, -0.15) is 0 Å². The number of carbonyl (C=O) groups is 7. The Morgan fingerprint density at radius 1 is 0.543 bits per heavy atom. The van der Waals surface area contributed by atoms with Crippen molar-refractivity contribution in [3.05, 3.63) is 167 Å². The fourth-order valence-corrected chi connectivity index (χ4v) is 11.5. The van der Waals surface area contributed by atoms with Crippen LogP contribution >= 0.6 is 11.8 Å². The highest BCUT2D eigenvalue weighted by Crippen LogP contribution is 2.44. The standard InChI is InChI=1S/C67H80N4O20S/c1-6-92-65-61(87-36-42-24-14-9-15-25-42)60(86-35-41-22-12-8-13-23-41)59(85-34-40-20-10-7-11-21-40)51(90-65)39-84-54(74)30-48(71-66(81)88-37-47-45-28-18-16-26-43(45)44-27-17-19-29-46(44)47)62(79)69-32-52(72)68-33-53(73)70-49(63(80)91-67(2,3)4)31-55(75)83-38-50-56(76)57(77)58(78)64(82-5)89-50/h7-29,47-51,56-61,64-65,76-78H,6,30-39H2,1-5H3,(H,68,72)(H,69,79)(H,70,73)(H,71,81)/t48-,49-,50+,51+,56+,57-,58-,59+,60-,61-,64-,65+/m0/s1. The molecule has 2 fully saturated rings. The van der Waals surface area contributed by atoms with Gasteiger partial charge in [0.2, 0.25) is 17.7 Å². The fraction of sp³-hybridized carbons (Fsp3) is 0.448. The van der Waals surface area contributed by atoms with Crippen LogP contribution in [-0.4, -0.2) is 181 Å². The number of carbonyl (C=O) groups excluding carboxylic acids is 7. The van der Waals surface area contributed by atoms with Gasteiger partial charge in [-0.15, -0.1) is 11.8 Å². The van der Waals surface area contributed by atoms with Crippen LogP contribution in [0.1, 0.15) is 74.3 Å². The summed E-state index contributed by atoms with van der Waals surface area (Å²) in [6.45, 7) is 4.38. The minimum atomic E-state index is -1.71. The molecule has 12 atom stereocenters. The molecule has 0 aromatic heterocycles. The van der Waals surface area contributed by atoms with Crippen molar-refractivity contribution in [1.82, 2.24) is 21.3 Å². The Morgan fingerprint density at radius 3 is 1.59 bits per heavy atom. The number of aliphatic hydroxyl groups is 3. The second-order valence-electron chi connectivity index (χ2n) is 23.0. The molecular formula is C67H80N4O20S. The Kier molecular flexibility index (Phi) is 26.0. The van der Waals surface area contributed by atoms with E-state index in [0.29, 0.717) is 5.75 Å². The van der Waals surface area contributed by atoms with E-state index in [0.717, 1.165) is 38.9 Å². The van der Waals surface area contributed by atoms with Gasteiger partial charge in [-0.1, -0.05) is 146 Å². The summed E-state index contributed by atoms with van der Waals surface area (Å²) >= 11 is 1.48. The number of esters is 3. The summed E-state index contributed by atoms with van der Waals surface area (Å²) in [7, 11) is 1.19. The largest absolute Gasteiger partial charge is 0.463 e. The molecule has 0 saturated carbocycles. The summed E-state index contributed by atoms with van der Waals surface area (Å²) in [6, 6.07) is 40.8. The molecule has 0 bridgehead atoms. The Balaban J connectivity index is 0.943. The van der Waals surface area contributed by atoms with Gasteiger partial charge < -0.3 is 84.0 Å². The lowest BCUT2D eigenvalue weighted by Crippen LogP contribution is -2.60. The summed E-state index contributed by atoms with van der Waals surface area (Å²) < 4.78 is 59.7. The molecule has 92 heavy (non-hydrogen) atoms. The zero-order valence-corrected chi connectivity index (χ0v) is 52.6. The molecule has 0 unspecified atom stereocenters. The summed E-state index contributed by atoms with van der Waals surface area (Å²) in [5.74, 6) is -5.74. The molecule has 494 valence electrons. The molecule has 3 aliphatic rings. The SMILES string of the molecule is CCS[C@H]1O[C@H](COC(=O)C[C@H](NC(=O)OCC2c3ccccc3-c3ccccc32)C(=O)NCC(=O)NCC(=O)N[C@@H](CC(=O)OC[C@H]2O[C@H](OC)[C@@H](O)[C@@H](O)[C@@H]2O)C(=O)OC(C)(C)C)[C@@H](OCc2ccccc2)[C@H](OCc2ccccc2)[C@@H]1OCc1ccccc1. The predicted molar refractivity (Wildman–Crippen MR) is 332 cm³/mol. The van der Waals surface area contributed by atoms with E-state index in [2.05, 4.69) is 21.3 Å². The molecule has 5 aromatic carbocycles. The number of ether oxygens (including phenoxy) is 10. The van der Waals surface area contributed by atoms with Crippen LogP contribution in [0.2, 0.25) is 0 Å². The van der Waals surface area contributed by atoms with Gasteiger partial charge >= 0.3 is 24.0 Å². The first-order valence-corrected chi connectivity index (χ1v) is 31.3. The van der Waals surface area contributed by atoms with Crippen LogP contribution in [0.3, 0.4) is 0 Å². The maximum absolute atomic E-state index is 14.2. The zero-order valence-electron chi connectivity index (χ0n) is 51.8. The Hall–Kier alpha value is -7.82. The second kappa shape index (κ2) is 34.2. The first-order valence-electron chi connectivity index (χ1n) is 30.2. The average molecular weight is 1290 g/mol. The highest BCUT2D eigenvalue weighted by atomic mass is 32.2. The minimum absolute atomic E-state index is 0.122. The molecule has 2 heterocycles. The molecular weight excluding hydrogens is 1210 g/mol. The van der Waals surface area contributed by atoms with Gasteiger partial charge in [0, 0.05) is 13.0 Å². The van der Waals surface area contributed by atoms with E-state index < -0.39 is 159 Å². The molecule has 0 radical (unpaired) electrons. The molecule has 0 spiro atoms. The number of benzene rings is 5. The molecule has 25 heteroatoms. The van der Waals surface area contributed by atoms with E-state index in [1.165, 1.54) is 18.9 Å². The molecule has 7 N–H and O–H groups in total. The summed E-state index contributed by atoms with van der Waals surface area (Å²) in [4.78, 5) is 95.2. The molecule has 2 saturated heterocycles. The van der Waals surface area contributed by atoms with Crippen LogP contribution in [0.25, 0.3) is 11.1 Å². The zero-order chi connectivity index (χ0) is 65.7. The maximum Gasteiger partial charge on any atom is 0.407 e. The molecule has 5 aromatic rings. The third-order valence-electron chi connectivity index (χ3n) is 15.1. The number of nitrogens with one attached hydrogen (secondary N) is 4. The minimum Gasteiger partial charge on any atom is -0.463 e. The Labute approximate surface area is 537 Å². The van der Waals surface area contributed by atoms with Crippen molar-refractivity contribution in [3.63, 3.8) is 0 Å². The van der Waals surface area contributed by atoms with Crippen molar-refractivity contribution in [1.29, 1.82) is 0 Å². The number of fused-ring (bicyclic) bond motifs is 3. The topological polar surface area (TPSA) is 321 Å². The van der Waals surface area contributed by atoms with Gasteiger partial charge in [0.1, 0.15) is 91.8 Å². The van der Waals surface area contributed by atoms with Crippen LogP contribution in [-0.2, 0) is 96.0 Å². The van der Waals surface area contributed by atoms with Gasteiger partial charge in [0.05, 0.1) is 45.8 Å². The van der Waals surface area contributed by atoms with Crippen molar-refractivity contribution in [3.8, 4) is 11.1 Å². The normalized spacial score (nSPS) is 22.5. The predicted octanol–water partition coefficient (Wildman–Crippen LogP) is 4.51. The number of hydrogen-bond acceptors (Lipinski definition) is 21. The lowest BCUT2D eigenvalue weighted by molar-refractivity contribution is -0.295. The van der Waals surface area contributed by atoms with Gasteiger partial charge in [-0.3, -0.25) is 24.0 Å². The lowest BCUT2D eigenvalue weighted by atomic mass is 9.98. The smallest absolute Gasteiger partial charge is 0.407 e. The molecule has 1 aliphatic carbocycles. The van der Waals surface area contributed by atoms with E-state index >= 15 is 0 Å². The van der Waals surface area contributed by atoms with Crippen molar-refractivity contribution >= 4 is 53.5 Å². The molecule has 8 rings (SSSR count). The molecule has 4 amide bonds. The van der Waals surface area contributed by atoms with Crippen LogP contribution in [0, 0.1) is 0 Å². The number of methoxy groups -OCH3 is 1. The first kappa shape index (κ1) is 70.1. The van der Waals surface area contributed by atoms with Crippen LogP contribution in [0.5, 0.6) is 0 Å². The summed E-state index contributed by atoms with van der Waals surface area (Å²) in [6.07, 6.45) is -13.7. The number of aliphatic hydroxyl groups excluding tert-OH is 3. The molecule has 2 aliphatic heterocycles. The monoisotopic (exact) mass is 1290 g/mol. The third kappa shape index (κ3) is 20.1. The lowest BCUT2D eigenvalue weighted by Gasteiger charge is -2.45. The fourth-order valence-electron chi connectivity index (χ4n) is 10.6. The van der Waals surface area contributed by atoms with E-state index in [9.17, 15) is 48.9 Å². The van der Waals surface area contributed by atoms with Gasteiger partial charge in [-0.05, 0) is 65.5 Å². The maximum atomic E-state index is 14.2. The summed E-state index contributed by atoms with van der Waals surface area (Å²) in [5, 5.41) is 40.3. The average Bonchev–Trinajstić information content (AvgIpc) is 1.53. The van der Waals surface area contributed by atoms with Gasteiger partial charge in [-0.25, -0.2) is 9.59 Å². The van der Waals surface area contributed by atoms with E-state index in [-0.39, 0.29) is 32.3 Å².